The maximum Gasteiger partial charge on any atom is 0.202 e. The number of anilines is 2. The molecule has 0 saturated carbocycles. The Bertz CT molecular complexity index is 818. The largest absolute Gasteiger partial charge is 0.409 e. The molecule has 0 amide bonds. The maximum atomic E-state index is 9.47. The van der Waals surface area contributed by atoms with Crippen molar-refractivity contribution in [1.29, 1.82) is 0 Å². The van der Waals surface area contributed by atoms with E-state index >= 15 is 0 Å². The Morgan fingerprint density at radius 1 is 0.923 bits per heavy atom. The van der Waals surface area contributed by atoms with Gasteiger partial charge in [-0.25, -0.2) is 9.26 Å². The molecule has 1 aliphatic heterocycles. The minimum Gasteiger partial charge on any atom is -0.409 e. The van der Waals surface area contributed by atoms with Crippen molar-refractivity contribution in [1.82, 2.24) is 30.4 Å². The first kappa shape index (κ1) is 17.2. The molecule has 140 valence electrons. The number of hydrogen-bond acceptors (Lipinski definition) is 12. The first-order valence-corrected chi connectivity index (χ1v) is 7.62. The van der Waals surface area contributed by atoms with E-state index in [9.17, 15) is 10.4 Å². The van der Waals surface area contributed by atoms with Crippen LogP contribution in [0.15, 0.2) is 19.6 Å². The molecule has 2 aromatic heterocycles. The van der Waals surface area contributed by atoms with E-state index in [1.807, 2.05) is 18.7 Å². The molecule has 0 aliphatic carbocycles. The van der Waals surface area contributed by atoms with Gasteiger partial charge in [-0.15, -0.1) is 0 Å². The van der Waals surface area contributed by atoms with Gasteiger partial charge in [0.1, 0.15) is 0 Å². The number of nitrogens with zero attached hydrogens (tertiary/aromatic N) is 8. The van der Waals surface area contributed by atoms with Crippen molar-refractivity contribution < 1.29 is 19.7 Å². The van der Waals surface area contributed by atoms with Gasteiger partial charge in [0.25, 0.3) is 0 Å². The molecular weight excluding hydrogens is 348 g/mol. The van der Waals surface area contributed by atoms with Crippen LogP contribution >= 0.6 is 0 Å². The van der Waals surface area contributed by atoms with E-state index in [0.29, 0.717) is 13.1 Å². The Hall–Kier alpha value is -3.58. The third-order valence-corrected chi connectivity index (χ3v) is 4.10. The van der Waals surface area contributed by atoms with E-state index in [1.165, 1.54) is 0 Å². The summed E-state index contributed by atoms with van der Waals surface area (Å²) < 4.78 is 9.15. The van der Waals surface area contributed by atoms with Gasteiger partial charge in [-0.3, -0.25) is 0 Å². The third-order valence-electron chi connectivity index (χ3n) is 4.10. The van der Waals surface area contributed by atoms with Crippen LogP contribution in [0.1, 0.15) is 25.2 Å². The predicted molar refractivity (Wildman–Crippen MR) is 86.4 cm³/mol. The highest BCUT2D eigenvalue weighted by molar-refractivity contribution is 6.02. The predicted octanol–water partition coefficient (Wildman–Crippen LogP) is -1.02. The lowest BCUT2D eigenvalue weighted by Crippen LogP contribution is -2.60. The first-order chi connectivity index (χ1) is 12.5. The molecule has 3 heterocycles. The quantitative estimate of drug-likeness (QED) is 0.218. The zero-order chi connectivity index (χ0) is 18.8. The molecule has 14 heteroatoms. The van der Waals surface area contributed by atoms with Crippen molar-refractivity contribution >= 4 is 23.3 Å². The Morgan fingerprint density at radius 2 is 1.38 bits per heavy atom. The monoisotopic (exact) mass is 366 g/mol. The SMILES string of the molecule is CC1CN(C(=NO)c2nonc2N)CC(C)N1C(=NO)c1nonc1N. The molecule has 14 nitrogen and oxygen atoms in total. The van der Waals surface area contributed by atoms with E-state index in [0.717, 1.165) is 0 Å². The van der Waals surface area contributed by atoms with Crippen LogP contribution in [-0.2, 0) is 0 Å². The van der Waals surface area contributed by atoms with Gasteiger partial charge in [-0.1, -0.05) is 10.3 Å². The molecule has 2 unspecified atom stereocenters. The van der Waals surface area contributed by atoms with E-state index in [1.54, 1.807) is 4.90 Å². The Labute approximate surface area is 146 Å². The van der Waals surface area contributed by atoms with Gasteiger partial charge < -0.3 is 31.7 Å². The molecule has 1 fully saturated rings. The lowest BCUT2D eigenvalue weighted by atomic mass is 10.1. The fourth-order valence-electron chi connectivity index (χ4n) is 3.10. The third kappa shape index (κ3) is 2.80. The molecule has 3 rings (SSSR count). The van der Waals surface area contributed by atoms with Gasteiger partial charge in [-0.2, -0.15) is 0 Å². The first-order valence-electron chi connectivity index (χ1n) is 7.62. The fraction of sp³-hybridized carbons (Fsp3) is 0.500. The summed E-state index contributed by atoms with van der Waals surface area (Å²) in [6, 6.07) is -0.392. The molecule has 0 spiro atoms. The van der Waals surface area contributed by atoms with E-state index < -0.39 is 0 Å². The zero-order valence-corrected chi connectivity index (χ0v) is 14.0. The highest BCUT2D eigenvalue weighted by Gasteiger charge is 2.37. The molecule has 2 atom stereocenters. The summed E-state index contributed by atoms with van der Waals surface area (Å²) in [5.74, 6) is 0.291. The highest BCUT2D eigenvalue weighted by Crippen LogP contribution is 2.23. The van der Waals surface area contributed by atoms with Crippen LogP contribution in [0, 0.1) is 0 Å². The average Bonchev–Trinajstić information content (AvgIpc) is 3.21. The molecular formula is C12H18N10O4. The van der Waals surface area contributed by atoms with E-state index in [-0.39, 0.29) is 46.8 Å². The number of amidine groups is 2. The topological polar surface area (TPSA) is 202 Å². The summed E-state index contributed by atoms with van der Waals surface area (Å²) >= 11 is 0. The highest BCUT2D eigenvalue weighted by atomic mass is 16.6. The van der Waals surface area contributed by atoms with Crippen LogP contribution in [0.4, 0.5) is 11.6 Å². The summed E-state index contributed by atoms with van der Waals surface area (Å²) in [5.41, 5.74) is 11.7. The maximum absolute atomic E-state index is 9.47. The molecule has 0 aromatic carbocycles. The van der Waals surface area contributed by atoms with Crippen molar-refractivity contribution in [2.24, 2.45) is 10.3 Å². The molecule has 0 bridgehead atoms. The number of aromatic nitrogens is 4. The standard InChI is InChI=1S/C12H18N10O4/c1-5-3-21(11(15-23)7-9(13)19-25-17-7)4-6(2)22(5)12(16-24)8-10(14)20-26-18-8/h5-6,23-24H,3-4H2,1-2H3,(H2,13,19)(H2,14,20). The van der Waals surface area contributed by atoms with Crippen molar-refractivity contribution in [3.05, 3.63) is 11.4 Å². The van der Waals surface area contributed by atoms with Crippen molar-refractivity contribution in [3.8, 4) is 0 Å². The van der Waals surface area contributed by atoms with Crippen LogP contribution in [0.2, 0.25) is 0 Å². The second-order valence-corrected chi connectivity index (χ2v) is 5.85. The average molecular weight is 366 g/mol. The summed E-state index contributed by atoms with van der Waals surface area (Å²) in [6.45, 7) is 4.55. The summed E-state index contributed by atoms with van der Waals surface area (Å²) in [7, 11) is 0. The molecule has 1 saturated heterocycles. The summed E-state index contributed by atoms with van der Waals surface area (Å²) in [4.78, 5) is 3.58. The van der Waals surface area contributed by atoms with Gasteiger partial charge >= 0.3 is 0 Å². The van der Waals surface area contributed by atoms with E-state index in [4.69, 9.17) is 11.5 Å². The van der Waals surface area contributed by atoms with Crippen LogP contribution in [-0.4, -0.2) is 77.7 Å². The normalized spacial score (nSPS) is 22.1. The Balaban J connectivity index is 1.86. The molecule has 2 aromatic rings. The molecule has 1 aliphatic rings. The van der Waals surface area contributed by atoms with Gasteiger partial charge in [0.2, 0.25) is 11.7 Å². The molecule has 6 N–H and O–H groups in total. The second-order valence-electron chi connectivity index (χ2n) is 5.85. The number of rotatable bonds is 2. The van der Waals surface area contributed by atoms with Crippen molar-refractivity contribution in [3.63, 3.8) is 0 Å². The van der Waals surface area contributed by atoms with Crippen LogP contribution in [0.3, 0.4) is 0 Å². The molecule has 0 radical (unpaired) electrons. The zero-order valence-electron chi connectivity index (χ0n) is 14.0. The lowest BCUT2D eigenvalue weighted by molar-refractivity contribution is 0.132. The number of oxime groups is 2. The minimum absolute atomic E-state index is 0.0127. The van der Waals surface area contributed by atoms with Crippen molar-refractivity contribution in [2.45, 2.75) is 25.9 Å². The lowest BCUT2D eigenvalue weighted by Gasteiger charge is -2.45. The van der Waals surface area contributed by atoms with Crippen LogP contribution in [0.5, 0.6) is 0 Å². The van der Waals surface area contributed by atoms with Gasteiger partial charge in [0.15, 0.2) is 23.0 Å². The Morgan fingerprint density at radius 3 is 1.77 bits per heavy atom. The number of nitrogen functional groups attached to an aromatic ring is 2. The summed E-state index contributed by atoms with van der Waals surface area (Å²) in [6.07, 6.45) is 0. The van der Waals surface area contributed by atoms with Gasteiger partial charge in [-0.05, 0) is 34.5 Å². The minimum atomic E-state index is -0.196. The fourth-order valence-corrected chi connectivity index (χ4v) is 3.10. The van der Waals surface area contributed by atoms with E-state index in [2.05, 4.69) is 40.2 Å². The van der Waals surface area contributed by atoms with Gasteiger partial charge in [0.05, 0.1) is 0 Å². The van der Waals surface area contributed by atoms with Crippen LogP contribution < -0.4 is 11.5 Å². The molecule has 26 heavy (non-hydrogen) atoms. The smallest absolute Gasteiger partial charge is 0.202 e. The second kappa shape index (κ2) is 6.73. The number of nitrogens with two attached hydrogens (primary N) is 2. The van der Waals surface area contributed by atoms with Crippen molar-refractivity contribution in [2.75, 3.05) is 24.6 Å². The number of piperazine rings is 1. The number of hydrogen-bond donors (Lipinski definition) is 4. The summed E-state index contributed by atoms with van der Waals surface area (Å²) in [5, 5.41) is 39.8. The van der Waals surface area contributed by atoms with Gasteiger partial charge in [0, 0.05) is 25.2 Å². The Kier molecular flexibility index (Phi) is 4.47. The van der Waals surface area contributed by atoms with Crippen LogP contribution in [0.25, 0.3) is 0 Å².